The highest BCUT2D eigenvalue weighted by molar-refractivity contribution is 5.89. The van der Waals surface area contributed by atoms with E-state index < -0.39 is 29.3 Å². The fourth-order valence-corrected chi connectivity index (χ4v) is 1.79. The maximum atomic E-state index is 13.4. The van der Waals surface area contributed by atoms with Crippen molar-refractivity contribution in [1.82, 2.24) is 5.32 Å². The van der Waals surface area contributed by atoms with E-state index in [1.54, 1.807) is 0 Å². The van der Waals surface area contributed by atoms with E-state index in [2.05, 4.69) is 10.6 Å². The maximum Gasteiger partial charge on any atom is 0.416 e. The number of nitrogens with one attached hydrogen (secondary N) is 2. The minimum atomic E-state index is -4.60. The van der Waals surface area contributed by atoms with E-state index in [9.17, 15) is 22.4 Å². The molecule has 1 aromatic carbocycles. The molecule has 4 nitrogen and oxygen atoms in total. The van der Waals surface area contributed by atoms with Crippen LogP contribution in [0.4, 0.5) is 28.0 Å². The normalized spacial score (nSPS) is 18.9. The Hall–Kier alpha value is -1.83. The van der Waals surface area contributed by atoms with Gasteiger partial charge >= 0.3 is 12.2 Å². The molecule has 1 unspecified atom stereocenters. The highest BCUT2D eigenvalue weighted by Gasteiger charge is 2.31. The van der Waals surface area contributed by atoms with Crippen LogP contribution in [-0.4, -0.2) is 25.3 Å². The van der Waals surface area contributed by atoms with E-state index in [4.69, 9.17) is 4.74 Å². The van der Waals surface area contributed by atoms with Crippen LogP contribution >= 0.6 is 0 Å². The summed E-state index contributed by atoms with van der Waals surface area (Å²) in [6, 6.07) is 0.850. The van der Waals surface area contributed by atoms with Crippen molar-refractivity contribution in [3.8, 4) is 0 Å². The standard InChI is InChI=1S/C12H12F4N2O2/c13-9-2-1-7(12(14,15)16)5-10(9)18-11(19)17-8-3-4-20-6-8/h1-2,5,8H,3-4,6H2,(H2,17,18,19). The summed E-state index contributed by atoms with van der Waals surface area (Å²) in [5, 5.41) is 4.56. The van der Waals surface area contributed by atoms with Crippen molar-refractivity contribution in [2.24, 2.45) is 0 Å². The number of urea groups is 1. The van der Waals surface area contributed by atoms with E-state index in [0.717, 1.165) is 0 Å². The van der Waals surface area contributed by atoms with Gasteiger partial charge in [-0.3, -0.25) is 0 Å². The molecule has 0 aromatic heterocycles. The van der Waals surface area contributed by atoms with Gasteiger partial charge in [-0.25, -0.2) is 9.18 Å². The number of carbonyl (C=O) groups excluding carboxylic acids is 1. The van der Waals surface area contributed by atoms with E-state index in [0.29, 0.717) is 37.8 Å². The van der Waals surface area contributed by atoms with Crippen molar-refractivity contribution in [2.45, 2.75) is 18.6 Å². The second kappa shape index (κ2) is 5.66. The number of ether oxygens (including phenoxy) is 1. The monoisotopic (exact) mass is 292 g/mol. The van der Waals surface area contributed by atoms with E-state index >= 15 is 0 Å². The van der Waals surface area contributed by atoms with Gasteiger partial charge in [0, 0.05) is 6.61 Å². The quantitative estimate of drug-likeness (QED) is 0.823. The van der Waals surface area contributed by atoms with Crippen LogP contribution < -0.4 is 10.6 Å². The summed E-state index contributed by atoms with van der Waals surface area (Å²) < 4.78 is 55.9. The van der Waals surface area contributed by atoms with Crippen LogP contribution in [0.3, 0.4) is 0 Å². The van der Waals surface area contributed by atoms with Gasteiger partial charge in [0.15, 0.2) is 0 Å². The molecule has 1 aromatic rings. The van der Waals surface area contributed by atoms with Crippen molar-refractivity contribution >= 4 is 11.7 Å². The molecule has 2 N–H and O–H groups in total. The zero-order chi connectivity index (χ0) is 14.8. The van der Waals surface area contributed by atoms with Crippen LogP contribution in [0.15, 0.2) is 18.2 Å². The molecule has 1 fully saturated rings. The topological polar surface area (TPSA) is 50.4 Å². The second-order valence-electron chi connectivity index (χ2n) is 4.35. The minimum Gasteiger partial charge on any atom is -0.379 e. The first-order chi connectivity index (χ1) is 9.36. The first-order valence-corrected chi connectivity index (χ1v) is 5.88. The summed E-state index contributed by atoms with van der Waals surface area (Å²) in [4.78, 5) is 11.6. The summed E-state index contributed by atoms with van der Waals surface area (Å²) in [5.41, 5.74) is -1.55. The number of anilines is 1. The second-order valence-corrected chi connectivity index (χ2v) is 4.35. The summed E-state index contributed by atoms with van der Waals surface area (Å²) in [6.45, 7) is 0.835. The molecule has 0 aliphatic carbocycles. The molecule has 2 rings (SSSR count). The Labute approximate surface area is 112 Å². The lowest BCUT2D eigenvalue weighted by Gasteiger charge is -2.14. The first kappa shape index (κ1) is 14.6. The number of carbonyl (C=O) groups is 1. The summed E-state index contributed by atoms with van der Waals surface area (Å²) in [7, 11) is 0. The summed E-state index contributed by atoms with van der Waals surface area (Å²) in [5.74, 6) is -0.934. The van der Waals surface area contributed by atoms with Gasteiger partial charge in [0.2, 0.25) is 0 Å². The lowest BCUT2D eigenvalue weighted by atomic mass is 10.2. The van der Waals surface area contributed by atoms with Crippen molar-refractivity contribution < 1.29 is 27.1 Å². The Bertz CT molecular complexity index is 499. The summed E-state index contributed by atoms with van der Waals surface area (Å²) >= 11 is 0. The van der Waals surface area contributed by atoms with Crippen LogP contribution in [-0.2, 0) is 10.9 Å². The third-order valence-electron chi connectivity index (χ3n) is 2.81. The Morgan fingerprint density at radius 3 is 2.70 bits per heavy atom. The molecule has 0 radical (unpaired) electrons. The summed E-state index contributed by atoms with van der Waals surface area (Å²) in [6.07, 6.45) is -3.99. The lowest BCUT2D eigenvalue weighted by molar-refractivity contribution is -0.137. The largest absolute Gasteiger partial charge is 0.416 e. The van der Waals surface area contributed by atoms with Gasteiger partial charge in [-0.15, -0.1) is 0 Å². The molecule has 1 atom stereocenters. The van der Waals surface area contributed by atoms with Gasteiger partial charge in [-0.05, 0) is 24.6 Å². The highest BCUT2D eigenvalue weighted by Crippen LogP contribution is 2.31. The van der Waals surface area contributed by atoms with Crippen molar-refractivity contribution in [1.29, 1.82) is 0 Å². The molecule has 1 aliphatic rings. The molecule has 110 valence electrons. The Morgan fingerprint density at radius 2 is 2.10 bits per heavy atom. The van der Waals surface area contributed by atoms with Crippen LogP contribution in [0, 0.1) is 5.82 Å². The van der Waals surface area contributed by atoms with Crippen LogP contribution in [0.25, 0.3) is 0 Å². The van der Waals surface area contributed by atoms with Crippen LogP contribution in [0.1, 0.15) is 12.0 Å². The number of benzene rings is 1. The van der Waals surface area contributed by atoms with Crippen LogP contribution in [0.5, 0.6) is 0 Å². The van der Waals surface area contributed by atoms with E-state index in [1.165, 1.54) is 0 Å². The predicted molar refractivity (Wildman–Crippen MR) is 62.8 cm³/mol. The maximum absolute atomic E-state index is 13.4. The molecule has 8 heteroatoms. The molecule has 0 spiro atoms. The predicted octanol–water partition coefficient (Wildman–Crippen LogP) is 2.75. The minimum absolute atomic E-state index is 0.219. The van der Waals surface area contributed by atoms with E-state index in [-0.39, 0.29) is 6.04 Å². The fourth-order valence-electron chi connectivity index (χ4n) is 1.79. The molecule has 1 heterocycles. The molecular weight excluding hydrogens is 280 g/mol. The lowest BCUT2D eigenvalue weighted by Crippen LogP contribution is -2.38. The number of amides is 2. The fraction of sp³-hybridized carbons (Fsp3) is 0.417. The molecule has 1 saturated heterocycles. The molecule has 1 aliphatic heterocycles. The third kappa shape index (κ3) is 3.60. The van der Waals surface area contributed by atoms with Gasteiger partial charge in [0.1, 0.15) is 5.82 Å². The van der Waals surface area contributed by atoms with Gasteiger partial charge in [0.25, 0.3) is 0 Å². The Morgan fingerprint density at radius 1 is 1.35 bits per heavy atom. The van der Waals surface area contributed by atoms with E-state index in [1.807, 2.05) is 0 Å². The number of hydrogen-bond acceptors (Lipinski definition) is 2. The third-order valence-corrected chi connectivity index (χ3v) is 2.81. The van der Waals surface area contributed by atoms with Crippen LogP contribution in [0.2, 0.25) is 0 Å². The number of hydrogen-bond donors (Lipinski definition) is 2. The SMILES string of the molecule is O=C(Nc1cc(C(F)(F)F)ccc1F)NC1CCOC1. The number of alkyl halides is 3. The first-order valence-electron chi connectivity index (χ1n) is 5.88. The van der Waals surface area contributed by atoms with Gasteiger partial charge in [-0.2, -0.15) is 13.2 Å². The smallest absolute Gasteiger partial charge is 0.379 e. The average Bonchev–Trinajstić information content (AvgIpc) is 2.83. The molecular formula is C12H12F4N2O2. The van der Waals surface area contributed by atoms with Gasteiger partial charge < -0.3 is 15.4 Å². The zero-order valence-corrected chi connectivity index (χ0v) is 10.3. The Kier molecular flexibility index (Phi) is 4.12. The Balaban J connectivity index is 2.06. The zero-order valence-electron chi connectivity index (χ0n) is 10.3. The number of rotatable bonds is 2. The van der Waals surface area contributed by atoms with Crippen molar-refractivity contribution in [2.75, 3.05) is 18.5 Å². The molecule has 0 bridgehead atoms. The number of halogens is 4. The van der Waals surface area contributed by atoms with Gasteiger partial charge in [0.05, 0.1) is 23.9 Å². The average molecular weight is 292 g/mol. The van der Waals surface area contributed by atoms with Crippen molar-refractivity contribution in [3.05, 3.63) is 29.6 Å². The van der Waals surface area contributed by atoms with Crippen molar-refractivity contribution in [3.63, 3.8) is 0 Å². The highest BCUT2D eigenvalue weighted by atomic mass is 19.4. The van der Waals surface area contributed by atoms with Gasteiger partial charge in [-0.1, -0.05) is 0 Å². The molecule has 0 saturated carbocycles. The molecule has 2 amide bonds. The molecule has 20 heavy (non-hydrogen) atoms.